The number of para-hydroxylation sites is 1. The third-order valence-electron chi connectivity index (χ3n) is 4.01. The summed E-state index contributed by atoms with van der Waals surface area (Å²) in [6.07, 6.45) is 1.68. The van der Waals surface area contributed by atoms with E-state index in [9.17, 15) is 10.1 Å². The van der Waals surface area contributed by atoms with Crippen molar-refractivity contribution in [2.24, 2.45) is 5.73 Å². The number of hydrogen-bond acceptors (Lipinski definition) is 5. The van der Waals surface area contributed by atoms with Gasteiger partial charge in [-0.15, -0.1) is 11.3 Å². The molecule has 0 aliphatic heterocycles. The lowest BCUT2D eigenvalue weighted by molar-refractivity contribution is 0.100. The van der Waals surface area contributed by atoms with E-state index in [0.29, 0.717) is 27.7 Å². The molecule has 0 radical (unpaired) electrons. The molecule has 2 aromatic carbocycles. The van der Waals surface area contributed by atoms with E-state index in [1.165, 1.54) is 11.3 Å². The summed E-state index contributed by atoms with van der Waals surface area (Å²) in [5.41, 5.74) is 7.82. The van der Waals surface area contributed by atoms with Crippen molar-refractivity contribution in [3.8, 4) is 17.4 Å². The molecule has 130 valence electrons. The van der Waals surface area contributed by atoms with Gasteiger partial charge in [0.2, 0.25) is 5.91 Å². The normalized spacial score (nSPS) is 11.4. The Morgan fingerprint density at radius 3 is 2.59 bits per heavy atom. The maximum Gasteiger partial charge on any atom is 0.248 e. The van der Waals surface area contributed by atoms with Crippen molar-refractivity contribution in [3.63, 3.8) is 0 Å². The number of aromatic nitrogens is 1. The lowest BCUT2D eigenvalue weighted by Crippen LogP contribution is -2.10. The smallest absolute Gasteiger partial charge is 0.248 e. The quantitative estimate of drug-likeness (QED) is 0.525. The summed E-state index contributed by atoms with van der Waals surface area (Å²) in [6, 6.07) is 20.4. The number of thiazole rings is 1. The number of carbonyl (C=O) groups excluding carboxylic acids is 1. The molecular weight excluding hydrogens is 358 g/mol. The average Bonchev–Trinajstić information content (AvgIpc) is 3.33. The van der Waals surface area contributed by atoms with Crippen LogP contribution in [-0.4, -0.2) is 10.9 Å². The third-order valence-corrected chi connectivity index (χ3v) is 5.08. The molecule has 5 nitrogen and oxygen atoms in total. The maximum absolute atomic E-state index is 11.2. The lowest BCUT2D eigenvalue weighted by Gasteiger charge is -1.98. The van der Waals surface area contributed by atoms with E-state index in [1.807, 2.05) is 30.3 Å². The van der Waals surface area contributed by atoms with Crippen molar-refractivity contribution in [1.82, 2.24) is 4.98 Å². The van der Waals surface area contributed by atoms with E-state index in [2.05, 4.69) is 11.1 Å². The second-order valence-corrected chi connectivity index (χ2v) is 6.83. The van der Waals surface area contributed by atoms with Gasteiger partial charge in [0.05, 0.1) is 15.8 Å². The minimum Gasteiger partial charge on any atom is -0.457 e. The van der Waals surface area contributed by atoms with Gasteiger partial charge in [0.25, 0.3) is 0 Å². The summed E-state index contributed by atoms with van der Waals surface area (Å²) in [7, 11) is 0. The van der Waals surface area contributed by atoms with Crippen LogP contribution in [0.15, 0.2) is 65.1 Å². The Morgan fingerprint density at radius 2 is 1.89 bits per heavy atom. The largest absolute Gasteiger partial charge is 0.457 e. The number of hydrogen-bond donors (Lipinski definition) is 1. The predicted octanol–water partition coefficient (Wildman–Crippen LogP) is 4.72. The fourth-order valence-electron chi connectivity index (χ4n) is 2.66. The van der Waals surface area contributed by atoms with Crippen molar-refractivity contribution in [1.29, 1.82) is 5.26 Å². The SMILES string of the molecule is N#C/C(=C/c1ccc(-c2ccc(C(N)=O)cc2)o1)c1nc2ccccc2s1. The molecule has 0 fully saturated rings. The molecule has 4 aromatic rings. The summed E-state index contributed by atoms with van der Waals surface area (Å²) < 4.78 is 6.86. The summed E-state index contributed by atoms with van der Waals surface area (Å²) in [6.45, 7) is 0. The van der Waals surface area contributed by atoms with Crippen LogP contribution in [0.3, 0.4) is 0 Å². The zero-order valence-corrected chi connectivity index (χ0v) is 14.9. The van der Waals surface area contributed by atoms with Crippen LogP contribution < -0.4 is 5.73 Å². The first kappa shape index (κ1) is 16.8. The van der Waals surface area contributed by atoms with Crippen LogP contribution in [0.2, 0.25) is 0 Å². The van der Waals surface area contributed by atoms with E-state index >= 15 is 0 Å². The molecule has 27 heavy (non-hydrogen) atoms. The van der Waals surface area contributed by atoms with Gasteiger partial charge in [0.15, 0.2) is 0 Å². The summed E-state index contributed by atoms with van der Waals surface area (Å²) in [4.78, 5) is 15.7. The van der Waals surface area contributed by atoms with Gasteiger partial charge in [0, 0.05) is 17.2 Å². The van der Waals surface area contributed by atoms with Crippen molar-refractivity contribution in [2.75, 3.05) is 0 Å². The zero-order chi connectivity index (χ0) is 18.8. The van der Waals surface area contributed by atoms with E-state index in [1.54, 1.807) is 36.4 Å². The topological polar surface area (TPSA) is 92.9 Å². The molecule has 1 amide bonds. The first-order valence-electron chi connectivity index (χ1n) is 8.12. The molecule has 6 heteroatoms. The van der Waals surface area contributed by atoms with Gasteiger partial charge < -0.3 is 10.2 Å². The molecule has 2 N–H and O–H groups in total. The fourth-order valence-corrected chi connectivity index (χ4v) is 3.59. The molecule has 0 unspecified atom stereocenters. The second-order valence-electron chi connectivity index (χ2n) is 5.80. The van der Waals surface area contributed by atoms with Crippen molar-refractivity contribution >= 4 is 39.1 Å². The van der Waals surface area contributed by atoms with Gasteiger partial charge in [-0.05, 0) is 36.4 Å². The van der Waals surface area contributed by atoms with E-state index in [-0.39, 0.29) is 0 Å². The highest BCUT2D eigenvalue weighted by Crippen LogP contribution is 2.29. The number of amides is 1. The van der Waals surface area contributed by atoms with Crippen LogP contribution in [-0.2, 0) is 0 Å². The highest BCUT2D eigenvalue weighted by atomic mass is 32.1. The molecule has 0 aliphatic carbocycles. The van der Waals surface area contributed by atoms with Crippen LogP contribution in [0.4, 0.5) is 0 Å². The van der Waals surface area contributed by atoms with Crippen LogP contribution in [0.1, 0.15) is 21.1 Å². The number of fused-ring (bicyclic) bond motifs is 1. The lowest BCUT2D eigenvalue weighted by atomic mass is 10.1. The van der Waals surface area contributed by atoms with Gasteiger partial charge in [-0.25, -0.2) is 4.98 Å². The average molecular weight is 371 g/mol. The van der Waals surface area contributed by atoms with Crippen LogP contribution >= 0.6 is 11.3 Å². The molecular formula is C21H13N3O2S. The Kier molecular flexibility index (Phi) is 4.29. The molecule has 0 spiro atoms. The molecule has 0 saturated carbocycles. The third kappa shape index (κ3) is 3.36. The minimum absolute atomic E-state index is 0.438. The molecule has 2 aromatic heterocycles. The van der Waals surface area contributed by atoms with Crippen molar-refractivity contribution in [2.45, 2.75) is 0 Å². The molecule has 2 heterocycles. The number of primary amides is 1. The molecule has 0 bridgehead atoms. The number of allylic oxidation sites excluding steroid dienone is 1. The minimum atomic E-state index is -0.473. The number of nitrogens with two attached hydrogens (primary N) is 1. The maximum atomic E-state index is 11.2. The number of nitrogens with zero attached hydrogens (tertiary/aromatic N) is 2. The summed E-state index contributed by atoms with van der Waals surface area (Å²) >= 11 is 1.47. The van der Waals surface area contributed by atoms with Crippen LogP contribution in [0.5, 0.6) is 0 Å². The molecule has 0 saturated heterocycles. The van der Waals surface area contributed by atoms with E-state index in [0.717, 1.165) is 15.8 Å². The van der Waals surface area contributed by atoms with Gasteiger partial charge in [-0.2, -0.15) is 5.26 Å². The highest BCUT2D eigenvalue weighted by Gasteiger charge is 2.11. The fraction of sp³-hybridized carbons (Fsp3) is 0. The predicted molar refractivity (Wildman–Crippen MR) is 106 cm³/mol. The van der Waals surface area contributed by atoms with E-state index < -0.39 is 5.91 Å². The Morgan fingerprint density at radius 1 is 1.11 bits per heavy atom. The Bertz CT molecular complexity index is 1180. The van der Waals surface area contributed by atoms with Crippen LogP contribution in [0.25, 0.3) is 33.2 Å². The Labute approximate surface area is 159 Å². The number of carbonyl (C=O) groups is 1. The molecule has 0 atom stereocenters. The van der Waals surface area contributed by atoms with Crippen molar-refractivity contribution < 1.29 is 9.21 Å². The summed E-state index contributed by atoms with van der Waals surface area (Å²) in [5, 5.41) is 10.2. The number of furan rings is 1. The Hall–Kier alpha value is -3.69. The van der Waals surface area contributed by atoms with Gasteiger partial charge in [-0.3, -0.25) is 4.79 Å². The highest BCUT2D eigenvalue weighted by molar-refractivity contribution is 7.19. The van der Waals surface area contributed by atoms with E-state index in [4.69, 9.17) is 10.2 Å². The molecule has 0 aliphatic rings. The zero-order valence-electron chi connectivity index (χ0n) is 14.0. The monoisotopic (exact) mass is 371 g/mol. The Balaban J connectivity index is 1.65. The second kappa shape index (κ2) is 6.90. The molecule has 4 rings (SSSR count). The standard InChI is InChI=1S/C21H13N3O2S/c22-12-15(21-24-17-3-1-2-4-19(17)27-21)11-16-9-10-18(26-16)13-5-7-14(8-6-13)20(23)25/h1-11H,(H2,23,25)/b15-11-. The number of nitriles is 1. The van der Waals surface area contributed by atoms with Crippen molar-refractivity contribution in [3.05, 3.63) is 77.0 Å². The number of rotatable bonds is 4. The first-order valence-corrected chi connectivity index (χ1v) is 8.93. The summed E-state index contributed by atoms with van der Waals surface area (Å²) in [5.74, 6) is 0.720. The van der Waals surface area contributed by atoms with Gasteiger partial charge >= 0.3 is 0 Å². The van der Waals surface area contributed by atoms with Gasteiger partial charge in [-0.1, -0.05) is 24.3 Å². The number of benzene rings is 2. The first-order chi connectivity index (χ1) is 13.1. The van der Waals surface area contributed by atoms with Crippen LogP contribution in [0, 0.1) is 11.3 Å². The van der Waals surface area contributed by atoms with Gasteiger partial charge in [0.1, 0.15) is 22.6 Å².